The van der Waals surface area contributed by atoms with Gasteiger partial charge in [-0.3, -0.25) is 4.79 Å². The number of carbonyl (C=O) groups excluding carboxylic acids is 1. The molecule has 4 nitrogen and oxygen atoms in total. The molecule has 0 saturated carbocycles. The Hall–Kier alpha value is -1.53. The van der Waals surface area contributed by atoms with Crippen molar-refractivity contribution in [3.05, 3.63) is 35.9 Å². The van der Waals surface area contributed by atoms with Gasteiger partial charge < -0.3 is 4.90 Å². The van der Waals surface area contributed by atoms with Crippen LogP contribution in [0.15, 0.2) is 40.4 Å². The van der Waals surface area contributed by atoms with Gasteiger partial charge >= 0.3 is 0 Å². The summed E-state index contributed by atoms with van der Waals surface area (Å²) in [4.78, 5) is 24.1. The number of piperidine rings is 1. The number of carbonyl (C=O) groups is 1. The molecule has 0 spiro atoms. The highest BCUT2D eigenvalue weighted by atomic mass is 32.2. The molecule has 26 heavy (non-hydrogen) atoms. The molecule has 1 saturated heterocycles. The molecule has 138 valence electrons. The van der Waals surface area contributed by atoms with Gasteiger partial charge in [-0.1, -0.05) is 49.0 Å². The van der Waals surface area contributed by atoms with Crippen LogP contribution in [0.25, 0.3) is 11.4 Å². The average Bonchev–Trinajstić information content (AvgIpc) is 2.72. The molecule has 2 heterocycles. The minimum absolute atomic E-state index is 0.224. The number of nitrogens with zero attached hydrogens (tertiary/aromatic N) is 3. The SMILES string of the molecule is CCc1c(SC)nc(-c2ccccc2)nc1SCC(=O)N1CCCCC1. The van der Waals surface area contributed by atoms with E-state index < -0.39 is 0 Å². The van der Waals surface area contributed by atoms with Crippen LogP contribution in [-0.2, 0) is 11.2 Å². The highest BCUT2D eigenvalue weighted by molar-refractivity contribution is 8.00. The summed E-state index contributed by atoms with van der Waals surface area (Å²) in [5.74, 6) is 1.41. The topological polar surface area (TPSA) is 46.1 Å². The van der Waals surface area contributed by atoms with E-state index in [0.717, 1.165) is 59.4 Å². The van der Waals surface area contributed by atoms with Crippen molar-refractivity contribution < 1.29 is 4.79 Å². The summed E-state index contributed by atoms with van der Waals surface area (Å²) in [6.07, 6.45) is 6.40. The Morgan fingerprint density at radius 3 is 2.42 bits per heavy atom. The molecule has 1 aromatic carbocycles. The summed E-state index contributed by atoms with van der Waals surface area (Å²) >= 11 is 3.20. The third kappa shape index (κ3) is 4.60. The standard InChI is InChI=1S/C20H25N3OS2/c1-3-16-19(25-2)21-18(15-10-6-4-7-11-15)22-20(16)26-14-17(24)23-12-8-5-9-13-23/h4,6-7,10-11H,3,5,8-9,12-14H2,1-2H3. The van der Waals surface area contributed by atoms with Crippen molar-refractivity contribution in [3.63, 3.8) is 0 Å². The molecule has 0 bridgehead atoms. The van der Waals surface area contributed by atoms with Crippen molar-refractivity contribution in [1.29, 1.82) is 0 Å². The van der Waals surface area contributed by atoms with E-state index in [1.165, 1.54) is 6.42 Å². The summed E-state index contributed by atoms with van der Waals surface area (Å²) < 4.78 is 0. The summed E-state index contributed by atoms with van der Waals surface area (Å²) in [6, 6.07) is 10.0. The maximum absolute atomic E-state index is 12.5. The van der Waals surface area contributed by atoms with Crippen molar-refractivity contribution in [2.24, 2.45) is 0 Å². The number of hydrogen-bond donors (Lipinski definition) is 0. The number of aromatic nitrogens is 2. The quantitative estimate of drug-likeness (QED) is 0.538. The molecule has 3 rings (SSSR count). The first kappa shape index (κ1) is 19.2. The van der Waals surface area contributed by atoms with E-state index in [4.69, 9.17) is 9.97 Å². The van der Waals surface area contributed by atoms with E-state index in [2.05, 4.69) is 6.92 Å². The zero-order chi connectivity index (χ0) is 18.4. The van der Waals surface area contributed by atoms with E-state index in [1.54, 1.807) is 23.5 Å². The van der Waals surface area contributed by atoms with E-state index in [-0.39, 0.29) is 5.91 Å². The number of benzene rings is 1. The predicted octanol–water partition coefficient (Wildman–Crippen LogP) is 4.53. The molecule has 1 aliphatic heterocycles. The van der Waals surface area contributed by atoms with Crippen molar-refractivity contribution in [2.45, 2.75) is 42.7 Å². The molecule has 1 fully saturated rings. The normalized spacial score (nSPS) is 14.5. The first-order chi connectivity index (χ1) is 12.7. The van der Waals surface area contributed by atoms with Gasteiger partial charge in [0.2, 0.25) is 5.91 Å². The van der Waals surface area contributed by atoms with Crippen LogP contribution in [0.5, 0.6) is 0 Å². The third-order valence-corrected chi connectivity index (χ3v) is 6.28. The zero-order valence-electron chi connectivity index (χ0n) is 15.4. The second-order valence-corrected chi connectivity index (χ2v) is 8.05. The summed E-state index contributed by atoms with van der Waals surface area (Å²) in [7, 11) is 0. The minimum atomic E-state index is 0.224. The van der Waals surface area contributed by atoms with Gasteiger partial charge in [-0.25, -0.2) is 9.97 Å². The fourth-order valence-electron chi connectivity index (χ4n) is 3.12. The first-order valence-corrected chi connectivity index (χ1v) is 11.3. The van der Waals surface area contributed by atoms with Crippen molar-refractivity contribution in [3.8, 4) is 11.4 Å². The molecule has 2 aromatic rings. The third-order valence-electron chi connectivity index (χ3n) is 4.55. The maximum atomic E-state index is 12.5. The molecule has 0 radical (unpaired) electrons. The lowest BCUT2D eigenvalue weighted by Crippen LogP contribution is -2.36. The van der Waals surface area contributed by atoms with Crippen LogP contribution >= 0.6 is 23.5 Å². The fourth-order valence-corrected chi connectivity index (χ4v) is 4.85. The van der Waals surface area contributed by atoms with E-state index in [1.807, 2.05) is 41.5 Å². The lowest BCUT2D eigenvalue weighted by molar-refractivity contribution is -0.129. The van der Waals surface area contributed by atoms with Crippen LogP contribution in [0.4, 0.5) is 0 Å². The highest BCUT2D eigenvalue weighted by Crippen LogP contribution is 2.31. The smallest absolute Gasteiger partial charge is 0.232 e. The number of rotatable bonds is 6. The van der Waals surface area contributed by atoms with Gasteiger partial charge in [-0.2, -0.15) is 0 Å². The van der Waals surface area contributed by atoms with Gasteiger partial charge in [0.05, 0.1) is 5.75 Å². The molecule has 0 atom stereocenters. The van der Waals surface area contributed by atoms with E-state index >= 15 is 0 Å². The van der Waals surface area contributed by atoms with Crippen LogP contribution in [0, 0.1) is 0 Å². The Morgan fingerprint density at radius 1 is 1.08 bits per heavy atom. The summed E-state index contributed by atoms with van der Waals surface area (Å²) in [5, 5.41) is 1.95. The van der Waals surface area contributed by atoms with Gasteiger partial charge in [0, 0.05) is 24.2 Å². The lowest BCUT2D eigenvalue weighted by Gasteiger charge is -2.26. The average molecular weight is 388 g/mol. The van der Waals surface area contributed by atoms with Crippen LogP contribution in [0.2, 0.25) is 0 Å². The van der Waals surface area contributed by atoms with Gasteiger partial charge in [0.1, 0.15) is 10.1 Å². The van der Waals surface area contributed by atoms with Crippen LogP contribution in [0.3, 0.4) is 0 Å². The Morgan fingerprint density at radius 2 is 1.77 bits per heavy atom. The summed E-state index contributed by atoms with van der Waals surface area (Å²) in [5.41, 5.74) is 2.16. The van der Waals surface area contributed by atoms with Crippen molar-refractivity contribution >= 4 is 29.4 Å². The number of thioether (sulfide) groups is 2. The van der Waals surface area contributed by atoms with Crippen LogP contribution < -0.4 is 0 Å². The molecular formula is C20H25N3OS2. The molecular weight excluding hydrogens is 362 g/mol. The van der Waals surface area contributed by atoms with Gasteiger partial charge in [0.15, 0.2) is 5.82 Å². The minimum Gasteiger partial charge on any atom is -0.342 e. The fraction of sp³-hybridized carbons (Fsp3) is 0.450. The second kappa shape index (κ2) is 9.42. The Bertz CT molecular complexity index is 746. The first-order valence-electron chi connectivity index (χ1n) is 9.13. The second-order valence-electron chi connectivity index (χ2n) is 6.29. The largest absolute Gasteiger partial charge is 0.342 e. The van der Waals surface area contributed by atoms with Gasteiger partial charge in [0.25, 0.3) is 0 Å². The number of hydrogen-bond acceptors (Lipinski definition) is 5. The summed E-state index contributed by atoms with van der Waals surface area (Å²) in [6.45, 7) is 3.92. The Labute approximate surface area is 164 Å². The predicted molar refractivity (Wildman–Crippen MR) is 110 cm³/mol. The molecule has 1 aromatic heterocycles. The lowest BCUT2D eigenvalue weighted by atomic mass is 10.1. The Kier molecular flexibility index (Phi) is 6.97. The van der Waals surface area contributed by atoms with Crippen molar-refractivity contribution in [1.82, 2.24) is 14.9 Å². The van der Waals surface area contributed by atoms with Gasteiger partial charge in [-0.15, -0.1) is 11.8 Å². The highest BCUT2D eigenvalue weighted by Gasteiger charge is 2.19. The number of likely N-dealkylation sites (tertiary alicyclic amines) is 1. The molecule has 0 unspecified atom stereocenters. The monoisotopic (exact) mass is 387 g/mol. The Balaban J connectivity index is 1.83. The van der Waals surface area contributed by atoms with Crippen LogP contribution in [-0.4, -0.2) is 45.9 Å². The molecule has 0 N–H and O–H groups in total. The maximum Gasteiger partial charge on any atom is 0.232 e. The molecule has 6 heteroatoms. The number of amides is 1. The van der Waals surface area contributed by atoms with E-state index in [9.17, 15) is 4.79 Å². The zero-order valence-corrected chi connectivity index (χ0v) is 17.0. The van der Waals surface area contributed by atoms with Crippen molar-refractivity contribution in [2.75, 3.05) is 25.1 Å². The van der Waals surface area contributed by atoms with Crippen LogP contribution in [0.1, 0.15) is 31.7 Å². The molecule has 1 amide bonds. The van der Waals surface area contributed by atoms with Gasteiger partial charge in [-0.05, 0) is 31.9 Å². The van der Waals surface area contributed by atoms with E-state index in [0.29, 0.717) is 5.75 Å². The molecule has 0 aliphatic carbocycles. The molecule has 1 aliphatic rings.